The molecule has 1 aliphatic heterocycles. The van der Waals surface area contributed by atoms with Crippen molar-refractivity contribution < 1.29 is 13.7 Å². The smallest absolute Gasteiger partial charge is 0.255 e. The molecule has 0 radical (unpaired) electrons. The van der Waals surface area contributed by atoms with Crippen molar-refractivity contribution in [3.8, 4) is 11.4 Å². The van der Waals surface area contributed by atoms with Gasteiger partial charge in [0.15, 0.2) is 5.82 Å². The lowest BCUT2D eigenvalue weighted by Crippen LogP contribution is -2.45. The average molecular weight is 465 g/mol. The van der Waals surface area contributed by atoms with Crippen LogP contribution in [0.2, 0.25) is 0 Å². The van der Waals surface area contributed by atoms with E-state index in [0.717, 1.165) is 11.8 Å². The third-order valence-corrected chi connectivity index (χ3v) is 5.37. The Morgan fingerprint density at radius 1 is 1.32 bits per heavy atom. The van der Waals surface area contributed by atoms with Gasteiger partial charge in [0.2, 0.25) is 17.7 Å². The van der Waals surface area contributed by atoms with Crippen LogP contribution in [0.15, 0.2) is 58.3 Å². The second-order valence-corrected chi connectivity index (χ2v) is 7.65. The number of aryl methyl sites for hydroxylation is 1. The lowest BCUT2D eigenvalue weighted by Gasteiger charge is -2.35. The molecule has 3 aromatic rings. The Balaban J connectivity index is 1.57. The summed E-state index contributed by atoms with van der Waals surface area (Å²) in [6.07, 6.45) is 7.61. The second kappa shape index (κ2) is 9.87. The topological polar surface area (TPSA) is 112 Å². The number of nitrogens with zero attached hydrogens (tertiary/aromatic N) is 7. The van der Waals surface area contributed by atoms with Crippen molar-refractivity contribution in [2.75, 3.05) is 24.6 Å². The van der Waals surface area contributed by atoms with E-state index < -0.39 is 5.82 Å². The normalized spacial score (nSPS) is 16.9. The van der Waals surface area contributed by atoms with E-state index in [2.05, 4.69) is 31.7 Å². The summed E-state index contributed by atoms with van der Waals surface area (Å²) in [6.45, 7) is 8.98. The fourth-order valence-corrected chi connectivity index (χ4v) is 3.56. The van der Waals surface area contributed by atoms with Gasteiger partial charge in [-0.05, 0) is 12.5 Å². The number of ether oxygens (including phenoxy) is 1. The number of hydrogen-bond acceptors (Lipinski definition) is 9. The minimum atomic E-state index is -0.646. The molecular weight excluding hydrogens is 441 g/mol. The summed E-state index contributed by atoms with van der Waals surface area (Å²) in [4.78, 5) is 30.9. The van der Waals surface area contributed by atoms with E-state index >= 15 is 0 Å². The van der Waals surface area contributed by atoms with E-state index in [9.17, 15) is 9.18 Å². The summed E-state index contributed by atoms with van der Waals surface area (Å²) in [7, 11) is 1.63. The lowest BCUT2D eigenvalue weighted by atomic mass is 10.1. The molecule has 3 aromatic heterocycles. The Labute approximate surface area is 195 Å². The van der Waals surface area contributed by atoms with Gasteiger partial charge in [-0.25, -0.2) is 19.3 Å². The maximum atomic E-state index is 14.2. The molecular formula is C23H24FN7O3. The largest absolute Gasteiger partial charge is 0.370 e. The quantitative estimate of drug-likeness (QED) is 0.507. The molecule has 10 nitrogen and oxygen atoms in total. The summed E-state index contributed by atoms with van der Waals surface area (Å²) < 4.78 is 26.6. The van der Waals surface area contributed by atoms with Gasteiger partial charge in [-0.15, -0.1) is 0 Å². The van der Waals surface area contributed by atoms with E-state index in [1.54, 1.807) is 20.0 Å². The summed E-state index contributed by atoms with van der Waals surface area (Å²) >= 11 is 0. The molecule has 0 amide bonds. The van der Waals surface area contributed by atoms with Crippen LogP contribution in [0.3, 0.4) is 0 Å². The molecule has 0 unspecified atom stereocenters. The van der Waals surface area contributed by atoms with Crippen LogP contribution in [-0.2, 0) is 11.8 Å². The fourth-order valence-electron chi connectivity index (χ4n) is 3.56. The number of morpholine rings is 1. The van der Waals surface area contributed by atoms with Gasteiger partial charge in [0.05, 0.1) is 25.5 Å². The predicted molar refractivity (Wildman–Crippen MR) is 123 cm³/mol. The Hall–Kier alpha value is -3.99. The number of halogens is 1. The Bertz CT molecular complexity index is 1330. The molecule has 34 heavy (non-hydrogen) atoms. The highest BCUT2D eigenvalue weighted by Gasteiger charge is 2.26. The van der Waals surface area contributed by atoms with Crippen molar-refractivity contribution in [2.24, 2.45) is 7.05 Å². The molecule has 1 saturated heterocycles. The van der Waals surface area contributed by atoms with Crippen LogP contribution in [-0.4, -0.2) is 55.5 Å². The first-order valence-corrected chi connectivity index (χ1v) is 10.6. The summed E-state index contributed by atoms with van der Waals surface area (Å²) in [5.41, 5.74) is 1.32. The summed E-state index contributed by atoms with van der Waals surface area (Å²) in [6, 6.07) is 1.26. The summed E-state index contributed by atoms with van der Waals surface area (Å²) in [5.74, 6) is 0.639. The van der Waals surface area contributed by atoms with Crippen LogP contribution in [0.5, 0.6) is 0 Å². The van der Waals surface area contributed by atoms with E-state index in [1.165, 1.54) is 17.0 Å². The maximum Gasteiger partial charge on any atom is 0.255 e. The standard InChI is InChI=1S/C23H24FN7O3/c1-5-16(7-6-14(2)22-27-15(3)34-29-22)19-12-31(8-9-33-19)23-28-18(10-20(32)30(23)4)21-17(24)11-25-13-26-21/h5-7,10-11,13,19H,2,8-9,12H2,1,3-4H3/b7-6-,16-5+/t19-/m1/s1. The van der Waals surface area contributed by atoms with Crippen molar-refractivity contribution in [1.29, 1.82) is 0 Å². The van der Waals surface area contributed by atoms with Crippen LogP contribution < -0.4 is 10.5 Å². The number of aromatic nitrogens is 6. The Morgan fingerprint density at radius 3 is 2.85 bits per heavy atom. The van der Waals surface area contributed by atoms with Gasteiger partial charge in [-0.3, -0.25) is 9.36 Å². The zero-order valence-electron chi connectivity index (χ0n) is 19.1. The highest BCUT2D eigenvalue weighted by molar-refractivity contribution is 5.67. The molecule has 0 spiro atoms. The van der Waals surface area contributed by atoms with Gasteiger partial charge in [0.1, 0.15) is 17.7 Å². The lowest BCUT2D eigenvalue weighted by molar-refractivity contribution is 0.0654. The molecule has 4 heterocycles. The monoisotopic (exact) mass is 465 g/mol. The van der Waals surface area contributed by atoms with E-state index in [-0.39, 0.29) is 23.1 Å². The molecule has 11 heteroatoms. The molecule has 1 fully saturated rings. The summed E-state index contributed by atoms with van der Waals surface area (Å²) in [5, 5.41) is 3.87. The predicted octanol–water partition coefficient (Wildman–Crippen LogP) is 2.49. The highest BCUT2D eigenvalue weighted by atomic mass is 19.1. The zero-order valence-corrected chi connectivity index (χ0v) is 19.1. The number of hydrogen-bond donors (Lipinski definition) is 0. The first kappa shape index (κ1) is 23.2. The molecule has 0 aliphatic carbocycles. The zero-order chi connectivity index (χ0) is 24.2. The number of allylic oxidation sites excluding steroid dienone is 3. The van der Waals surface area contributed by atoms with Crippen molar-refractivity contribution in [2.45, 2.75) is 20.0 Å². The van der Waals surface area contributed by atoms with Gasteiger partial charge >= 0.3 is 0 Å². The van der Waals surface area contributed by atoms with Crippen molar-refractivity contribution in [3.05, 3.63) is 76.9 Å². The van der Waals surface area contributed by atoms with Gasteiger partial charge in [-0.2, -0.15) is 4.98 Å². The van der Waals surface area contributed by atoms with Crippen LogP contribution in [0.4, 0.5) is 10.3 Å². The maximum absolute atomic E-state index is 14.2. The van der Waals surface area contributed by atoms with Gasteiger partial charge in [-0.1, -0.05) is 30.0 Å². The molecule has 0 N–H and O–H groups in total. The molecule has 0 saturated carbocycles. The van der Waals surface area contributed by atoms with E-state index in [1.807, 2.05) is 24.0 Å². The highest BCUT2D eigenvalue weighted by Crippen LogP contribution is 2.23. The molecule has 1 atom stereocenters. The first-order chi connectivity index (χ1) is 16.4. The van der Waals surface area contributed by atoms with Gasteiger partial charge < -0.3 is 14.2 Å². The van der Waals surface area contributed by atoms with E-state index in [4.69, 9.17) is 9.26 Å². The van der Waals surface area contributed by atoms with Crippen LogP contribution in [0, 0.1) is 12.7 Å². The number of rotatable bonds is 6. The molecule has 4 rings (SSSR count). The van der Waals surface area contributed by atoms with Crippen molar-refractivity contribution in [3.63, 3.8) is 0 Å². The second-order valence-electron chi connectivity index (χ2n) is 7.65. The third kappa shape index (κ3) is 4.84. The molecule has 0 bridgehead atoms. The van der Waals surface area contributed by atoms with Crippen LogP contribution in [0.25, 0.3) is 17.0 Å². The third-order valence-electron chi connectivity index (χ3n) is 5.37. The van der Waals surface area contributed by atoms with Crippen LogP contribution in [0.1, 0.15) is 18.6 Å². The Kier molecular flexibility index (Phi) is 6.73. The van der Waals surface area contributed by atoms with Gasteiger partial charge in [0.25, 0.3) is 5.56 Å². The molecule has 176 valence electrons. The SMILES string of the molecule is C=C(/C=C\C(=C/C)[C@H]1CN(c2nc(-c3ncncc3F)cc(=O)n2C)CCO1)c1noc(C)n1. The number of anilines is 1. The van der Waals surface area contributed by atoms with Gasteiger partial charge in [0, 0.05) is 32.2 Å². The van der Waals surface area contributed by atoms with Crippen molar-refractivity contribution in [1.82, 2.24) is 29.7 Å². The first-order valence-electron chi connectivity index (χ1n) is 10.6. The molecule has 0 aromatic carbocycles. The van der Waals surface area contributed by atoms with Crippen molar-refractivity contribution >= 4 is 11.5 Å². The van der Waals surface area contributed by atoms with E-state index in [0.29, 0.717) is 42.9 Å². The average Bonchev–Trinajstić information content (AvgIpc) is 3.28. The molecule has 1 aliphatic rings. The minimum Gasteiger partial charge on any atom is -0.370 e. The Morgan fingerprint density at radius 2 is 2.15 bits per heavy atom. The van der Waals surface area contributed by atoms with Crippen LogP contribution >= 0.6 is 0 Å². The fraction of sp³-hybridized carbons (Fsp3) is 0.304. The minimum absolute atomic E-state index is 0.0222.